The summed E-state index contributed by atoms with van der Waals surface area (Å²) in [5.41, 5.74) is -0.295. The first kappa shape index (κ1) is 9.50. The van der Waals surface area contributed by atoms with E-state index in [2.05, 4.69) is 9.97 Å². The first-order valence-corrected chi connectivity index (χ1v) is 3.99. The Bertz CT molecular complexity index is 524. The predicted octanol–water partition coefficient (Wildman–Crippen LogP) is 2.41. The highest BCUT2D eigenvalue weighted by Gasteiger charge is 2.13. The Labute approximate surface area is 81.9 Å². The maximum Gasteiger partial charge on any atom is 0.288 e. The molecule has 5 nitrogen and oxygen atoms in total. The Balaban J connectivity index is 2.57. The number of halogens is 2. The molecule has 0 aliphatic heterocycles. The first-order chi connectivity index (χ1) is 7.08. The number of nitrogens with zero attached hydrogens (tertiary/aromatic N) is 2. The fraction of sp³-hybridized carbons (Fsp3) is 0.125. The molecule has 0 unspecified atom stereocenters. The molecule has 2 heterocycles. The number of rotatable bonds is 2. The molecular formula is C8H5F2N3O2. The van der Waals surface area contributed by atoms with Gasteiger partial charge >= 0.3 is 0 Å². The number of hydrogen-bond acceptors (Lipinski definition) is 3. The number of aromatic nitrogens is 2. The molecule has 15 heavy (non-hydrogen) atoms. The van der Waals surface area contributed by atoms with Crippen LogP contribution in [0.3, 0.4) is 0 Å². The number of nitro groups is 1. The molecule has 1 N–H and O–H groups in total. The van der Waals surface area contributed by atoms with Gasteiger partial charge in [0.15, 0.2) is 0 Å². The van der Waals surface area contributed by atoms with Crippen LogP contribution in [0.25, 0.3) is 11.0 Å². The summed E-state index contributed by atoms with van der Waals surface area (Å²) in [6.07, 6.45) is -1.62. The van der Waals surface area contributed by atoms with E-state index in [-0.39, 0.29) is 17.0 Å². The molecule has 0 fully saturated rings. The van der Waals surface area contributed by atoms with Crippen molar-refractivity contribution in [3.63, 3.8) is 0 Å². The molecule has 2 aromatic rings. The number of hydrogen-bond donors (Lipinski definition) is 1. The van der Waals surface area contributed by atoms with Gasteiger partial charge in [-0.3, -0.25) is 10.1 Å². The Morgan fingerprint density at radius 1 is 1.47 bits per heavy atom. The first-order valence-electron chi connectivity index (χ1n) is 3.99. The highest BCUT2D eigenvalue weighted by atomic mass is 19.3. The van der Waals surface area contributed by atoms with E-state index in [1.807, 2.05) is 0 Å². The van der Waals surface area contributed by atoms with Crippen molar-refractivity contribution in [3.8, 4) is 0 Å². The van der Waals surface area contributed by atoms with Crippen LogP contribution in [0.5, 0.6) is 0 Å². The summed E-state index contributed by atoms with van der Waals surface area (Å²) >= 11 is 0. The lowest BCUT2D eigenvalue weighted by Gasteiger charge is -1.90. The second kappa shape index (κ2) is 3.26. The summed E-state index contributed by atoms with van der Waals surface area (Å²) in [6, 6.07) is 2.35. The monoisotopic (exact) mass is 213 g/mol. The van der Waals surface area contributed by atoms with Crippen LogP contribution in [-0.2, 0) is 0 Å². The number of aromatic amines is 1. The second-order valence-corrected chi connectivity index (χ2v) is 2.91. The van der Waals surface area contributed by atoms with Gasteiger partial charge in [0.05, 0.1) is 10.6 Å². The molecule has 0 spiro atoms. The highest BCUT2D eigenvalue weighted by molar-refractivity contribution is 5.78. The average Bonchev–Trinajstić information content (AvgIpc) is 2.59. The third-order valence-corrected chi connectivity index (χ3v) is 1.92. The van der Waals surface area contributed by atoms with Crippen LogP contribution in [0, 0.1) is 10.1 Å². The van der Waals surface area contributed by atoms with Crippen LogP contribution in [0.4, 0.5) is 14.5 Å². The smallest absolute Gasteiger partial charge is 0.288 e. The number of fused-ring (bicyclic) bond motifs is 1. The van der Waals surface area contributed by atoms with Crippen LogP contribution in [0.15, 0.2) is 18.3 Å². The minimum absolute atomic E-state index is 0.218. The molecule has 0 saturated carbocycles. The lowest BCUT2D eigenvalue weighted by molar-refractivity contribution is -0.385. The summed E-state index contributed by atoms with van der Waals surface area (Å²) in [7, 11) is 0. The van der Waals surface area contributed by atoms with Crippen LogP contribution in [-0.4, -0.2) is 14.9 Å². The predicted molar refractivity (Wildman–Crippen MR) is 47.7 cm³/mol. The number of H-pyrrole nitrogens is 1. The SMILES string of the molecule is O=[N+]([O-])c1cnc2[nH]c(C(F)F)cc2c1. The van der Waals surface area contributed by atoms with Crippen LogP contribution in [0.1, 0.15) is 12.1 Å². The third kappa shape index (κ3) is 1.63. The minimum atomic E-state index is -2.64. The quantitative estimate of drug-likeness (QED) is 0.614. The Morgan fingerprint density at radius 3 is 2.80 bits per heavy atom. The molecule has 78 valence electrons. The van der Waals surface area contributed by atoms with Crippen molar-refractivity contribution in [2.45, 2.75) is 6.43 Å². The van der Waals surface area contributed by atoms with Gasteiger partial charge in [-0.2, -0.15) is 0 Å². The molecule has 0 atom stereocenters. The van der Waals surface area contributed by atoms with E-state index >= 15 is 0 Å². The van der Waals surface area contributed by atoms with E-state index < -0.39 is 11.3 Å². The van der Waals surface area contributed by atoms with Crippen molar-refractivity contribution in [3.05, 3.63) is 34.1 Å². The Kier molecular flexibility index (Phi) is 2.07. The number of nitrogens with one attached hydrogen (secondary N) is 1. The zero-order valence-electron chi connectivity index (χ0n) is 7.28. The topological polar surface area (TPSA) is 71.8 Å². The standard InChI is InChI=1S/C8H5F2N3O2/c9-7(10)6-2-4-1-5(13(14)15)3-11-8(4)12-6/h1-3,7H,(H,11,12). The molecule has 0 saturated heterocycles. The van der Waals surface area contributed by atoms with Gasteiger partial charge in [0.2, 0.25) is 0 Å². The maximum atomic E-state index is 12.3. The lowest BCUT2D eigenvalue weighted by atomic mass is 10.3. The second-order valence-electron chi connectivity index (χ2n) is 2.91. The summed E-state index contributed by atoms with van der Waals surface area (Å²) in [6.45, 7) is 0. The fourth-order valence-electron chi connectivity index (χ4n) is 1.24. The van der Waals surface area contributed by atoms with Crippen molar-refractivity contribution in [2.24, 2.45) is 0 Å². The fourth-order valence-corrected chi connectivity index (χ4v) is 1.24. The van der Waals surface area contributed by atoms with Crippen LogP contribution >= 0.6 is 0 Å². The molecule has 7 heteroatoms. The Hall–Kier alpha value is -2.05. The molecule has 0 amide bonds. The van der Waals surface area contributed by atoms with Crippen LogP contribution in [0.2, 0.25) is 0 Å². The van der Waals surface area contributed by atoms with Crippen molar-refractivity contribution < 1.29 is 13.7 Å². The molecule has 2 rings (SSSR count). The van der Waals surface area contributed by atoms with Gasteiger partial charge in [-0.1, -0.05) is 0 Å². The number of pyridine rings is 1. The highest BCUT2D eigenvalue weighted by Crippen LogP contribution is 2.24. The summed E-state index contributed by atoms with van der Waals surface area (Å²) in [4.78, 5) is 15.8. The van der Waals surface area contributed by atoms with Crippen LogP contribution < -0.4 is 0 Å². The Morgan fingerprint density at radius 2 is 2.20 bits per heavy atom. The minimum Gasteiger partial charge on any atom is -0.338 e. The summed E-state index contributed by atoms with van der Waals surface area (Å²) in [5, 5.41) is 10.7. The van der Waals surface area contributed by atoms with Gasteiger partial charge in [-0.25, -0.2) is 13.8 Å². The van der Waals surface area contributed by atoms with Gasteiger partial charge in [0.1, 0.15) is 11.8 Å². The number of alkyl halides is 2. The average molecular weight is 213 g/mol. The van der Waals surface area contributed by atoms with Crippen molar-refractivity contribution in [1.82, 2.24) is 9.97 Å². The normalized spacial score (nSPS) is 11.1. The molecule has 2 aromatic heterocycles. The van der Waals surface area contributed by atoms with E-state index in [0.29, 0.717) is 5.39 Å². The molecule has 0 aromatic carbocycles. The van der Waals surface area contributed by atoms with Gasteiger partial charge < -0.3 is 4.98 Å². The molecule has 0 bridgehead atoms. The van der Waals surface area contributed by atoms with E-state index in [4.69, 9.17) is 0 Å². The van der Waals surface area contributed by atoms with Gasteiger partial charge in [-0.15, -0.1) is 0 Å². The van der Waals surface area contributed by atoms with Crippen molar-refractivity contribution >= 4 is 16.7 Å². The molecular weight excluding hydrogens is 208 g/mol. The maximum absolute atomic E-state index is 12.3. The molecule has 0 aliphatic carbocycles. The van der Waals surface area contributed by atoms with Crippen molar-refractivity contribution in [1.29, 1.82) is 0 Å². The van der Waals surface area contributed by atoms with E-state index in [1.54, 1.807) is 0 Å². The zero-order valence-corrected chi connectivity index (χ0v) is 7.28. The van der Waals surface area contributed by atoms with Crippen molar-refractivity contribution in [2.75, 3.05) is 0 Å². The third-order valence-electron chi connectivity index (χ3n) is 1.92. The van der Waals surface area contributed by atoms with Gasteiger partial charge in [0, 0.05) is 11.5 Å². The molecule has 0 radical (unpaired) electrons. The summed E-state index contributed by atoms with van der Waals surface area (Å²) in [5.74, 6) is 0. The summed E-state index contributed by atoms with van der Waals surface area (Å²) < 4.78 is 24.5. The van der Waals surface area contributed by atoms with E-state index in [9.17, 15) is 18.9 Å². The molecule has 0 aliphatic rings. The van der Waals surface area contributed by atoms with E-state index in [0.717, 1.165) is 12.3 Å². The van der Waals surface area contributed by atoms with E-state index in [1.165, 1.54) is 6.07 Å². The van der Waals surface area contributed by atoms with Gasteiger partial charge in [-0.05, 0) is 6.07 Å². The van der Waals surface area contributed by atoms with Gasteiger partial charge in [0.25, 0.3) is 12.1 Å². The lowest BCUT2D eigenvalue weighted by Crippen LogP contribution is -1.88. The largest absolute Gasteiger partial charge is 0.338 e. The zero-order chi connectivity index (χ0) is 11.0.